The van der Waals surface area contributed by atoms with E-state index in [0.717, 1.165) is 9.75 Å². The lowest BCUT2D eigenvalue weighted by Crippen LogP contribution is -2.40. The Morgan fingerprint density at radius 1 is 1.24 bits per heavy atom. The molecule has 0 saturated carbocycles. The van der Waals surface area contributed by atoms with Gasteiger partial charge in [-0.25, -0.2) is 0 Å². The smallest absolute Gasteiger partial charge is 0.308 e. The number of rotatable bonds is 7. The standard InChI is InChI=1S/C15H21NO4S/c1-8-7-12(11(4)21-8)13(17)5-6-14(18)16-10(3)9(2)15(19)20/h7,9-10H,5-6H2,1-4H3,(H,16,18)(H,19,20). The monoisotopic (exact) mass is 311 g/mol. The van der Waals surface area contributed by atoms with Crippen molar-refractivity contribution in [1.82, 2.24) is 5.32 Å². The largest absolute Gasteiger partial charge is 0.481 e. The van der Waals surface area contributed by atoms with Gasteiger partial charge in [-0.05, 0) is 33.8 Å². The zero-order valence-corrected chi connectivity index (χ0v) is 13.5. The molecule has 2 atom stereocenters. The number of hydrogen-bond donors (Lipinski definition) is 2. The van der Waals surface area contributed by atoms with Crippen molar-refractivity contribution < 1.29 is 19.5 Å². The normalized spacial score (nSPS) is 13.5. The van der Waals surface area contributed by atoms with Crippen LogP contribution in [0.2, 0.25) is 0 Å². The molecule has 1 heterocycles. The first-order valence-electron chi connectivity index (χ1n) is 6.84. The highest BCUT2D eigenvalue weighted by atomic mass is 32.1. The quantitative estimate of drug-likeness (QED) is 0.758. The van der Waals surface area contributed by atoms with Crippen LogP contribution >= 0.6 is 11.3 Å². The van der Waals surface area contributed by atoms with Gasteiger partial charge < -0.3 is 10.4 Å². The molecular formula is C15H21NO4S. The van der Waals surface area contributed by atoms with Gasteiger partial charge in [-0.2, -0.15) is 0 Å². The van der Waals surface area contributed by atoms with Gasteiger partial charge in [0.15, 0.2) is 5.78 Å². The van der Waals surface area contributed by atoms with Crippen molar-refractivity contribution in [2.75, 3.05) is 0 Å². The second-order valence-corrected chi connectivity index (χ2v) is 6.69. The van der Waals surface area contributed by atoms with Gasteiger partial charge in [0.25, 0.3) is 0 Å². The summed E-state index contributed by atoms with van der Waals surface area (Å²) in [5.74, 6) is -1.96. The van der Waals surface area contributed by atoms with Crippen LogP contribution in [0, 0.1) is 19.8 Å². The van der Waals surface area contributed by atoms with E-state index in [4.69, 9.17) is 5.11 Å². The molecular weight excluding hydrogens is 290 g/mol. The first-order chi connectivity index (χ1) is 9.72. The van der Waals surface area contributed by atoms with Crippen LogP contribution in [-0.4, -0.2) is 28.8 Å². The molecule has 2 N–H and O–H groups in total. The van der Waals surface area contributed by atoms with Crippen molar-refractivity contribution in [3.8, 4) is 0 Å². The molecule has 1 amide bonds. The maximum atomic E-state index is 12.0. The van der Waals surface area contributed by atoms with Gasteiger partial charge in [0.2, 0.25) is 5.91 Å². The van der Waals surface area contributed by atoms with E-state index in [-0.39, 0.29) is 24.5 Å². The molecule has 0 saturated heterocycles. The summed E-state index contributed by atoms with van der Waals surface area (Å²) in [5.41, 5.74) is 0.678. The number of Topliss-reactive ketones (excluding diaryl/α,β-unsaturated/α-hetero) is 1. The zero-order valence-electron chi connectivity index (χ0n) is 12.7. The van der Waals surface area contributed by atoms with Crippen LogP contribution < -0.4 is 5.32 Å². The number of nitrogens with one attached hydrogen (secondary N) is 1. The number of carboxylic acid groups (broad SMARTS) is 1. The first kappa shape index (κ1) is 17.4. The highest BCUT2D eigenvalue weighted by molar-refractivity contribution is 7.12. The van der Waals surface area contributed by atoms with Crippen molar-refractivity contribution in [1.29, 1.82) is 0 Å². The van der Waals surface area contributed by atoms with E-state index in [9.17, 15) is 14.4 Å². The van der Waals surface area contributed by atoms with Crippen LogP contribution in [-0.2, 0) is 9.59 Å². The molecule has 2 unspecified atom stereocenters. The minimum Gasteiger partial charge on any atom is -0.481 e. The SMILES string of the molecule is Cc1cc(C(=O)CCC(=O)NC(C)C(C)C(=O)O)c(C)s1. The summed E-state index contributed by atoms with van der Waals surface area (Å²) in [7, 11) is 0. The number of carbonyl (C=O) groups excluding carboxylic acids is 2. The topological polar surface area (TPSA) is 83.5 Å². The van der Waals surface area contributed by atoms with Crippen molar-refractivity contribution in [2.45, 2.75) is 46.6 Å². The van der Waals surface area contributed by atoms with E-state index in [1.54, 1.807) is 18.3 Å². The molecule has 0 fully saturated rings. The molecule has 0 radical (unpaired) electrons. The fourth-order valence-corrected chi connectivity index (χ4v) is 2.88. The van der Waals surface area contributed by atoms with Crippen molar-refractivity contribution in [3.63, 3.8) is 0 Å². The molecule has 1 aromatic heterocycles. The predicted octanol–water partition coefficient (Wildman–Crippen LogP) is 2.55. The van der Waals surface area contributed by atoms with Crippen LogP contribution in [0.5, 0.6) is 0 Å². The summed E-state index contributed by atoms with van der Waals surface area (Å²) in [6.07, 6.45) is 0.209. The van der Waals surface area contributed by atoms with Gasteiger partial charge >= 0.3 is 5.97 Å². The fraction of sp³-hybridized carbons (Fsp3) is 0.533. The van der Waals surface area contributed by atoms with E-state index in [0.29, 0.717) is 5.56 Å². The number of carbonyl (C=O) groups is 3. The minimum atomic E-state index is -0.955. The molecule has 0 aliphatic heterocycles. The molecule has 0 bridgehead atoms. The van der Waals surface area contributed by atoms with E-state index in [1.807, 2.05) is 19.9 Å². The molecule has 0 aliphatic rings. The number of carboxylic acids is 1. The summed E-state index contributed by atoms with van der Waals surface area (Å²) in [5, 5.41) is 11.5. The Morgan fingerprint density at radius 2 is 1.86 bits per heavy atom. The molecule has 5 nitrogen and oxygen atoms in total. The maximum Gasteiger partial charge on any atom is 0.308 e. The Balaban J connectivity index is 2.48. The molecule has 116 valence electrons. The molecule has 0 aromatic carbocycles. The van der Waals surface area contributed by atoms with Crippen LogP contribution in [0.15, 0.2) is 6.07 Å². The fourth-order valence-electron chi connectivity index (χ4n) is 1.93. The van der Waals surface area contributed by atoms with E-state index < -0.39 is 17.9 Å². The Bertz CT molecular complexity index is 550. The average Bonchev–Trinajstić information content (AvgIpc) is 2.73. The Labute approximate surface area is 128 Å². The number of ketones is 1. The van der Waals surface area contributed by atoms with Gasteiger partial charge in [0, 0.05) is 34.2 Å². The Morgan fingerprint density at radius 3 is 2.33 bits per heavy atom. The van der Waals surface area contributed by atoms with Crippen LogP contribution in [0.3, 0.4) is 0 Å². The molecule has 0 aliphatic carbocycles. The molecule has 1 rings (SSSR count). The van der Waals surface area contributed by atoms with Gasteiger partial charge in [0.1, 0.15) is 0 Å². The minimum absolute atomic E-state index is 0.0501. The maximum absolute atomic E-state index is 12.0. The summed E-state index contributed by atoms with van der Waals surface area (Å²) < 4.78 is 0. The Hall–Kier alpha value is -1.69. The van der Waals surface area contributed by atoms with Gasteiger partial charge in [-0.1, -0.05) is 0 Å². The second kappa shape index (κ2) is 7.36. The number of aryl methyl sites for hydroxylation is 2. The number of thiophene rings is 1. The third kappa shape index (κ3) is 4.97. The van der Waals surface area contributed by atoms with Crippen molar-refractivity contribution in [3.05, 3.63) is 21.4 Å². The number of amides is 1. The van der Waals surface area contributed by atoms with Gasteiger partial charge in [-0.3, -0.25) is 14.4 Å². The lowest BCUT2D eigenvalue weighted by atomic mass is 10.0. The van der Waals surface area contributed by atoms with Crippen LogP contribution in [0.4, 0.5) is 0 Å². The summed E-state index contributed by atoms with van der Waals surface area (Å²) in [4.78, 5) is 36.6. The average molecular weight is 311 g/mol. The molecule has 6 heteroatoms. The van der Waals surface area contributed by atoms with Crippen molar-refractivity contribution in [2.24, 2.45) is 5.92 Å². The zero-order chi connectivity index (χ0) is 16.2. The number of aliphatic carboxylic acids is 1. The summed E-state index contributed by atoms with van der Waals surface area (Å²) in [6, 6.07) is 1.38. The lowest BCUT2D eigenvalue weighted by molar-refractivity contribution is -0.142. The molecule has 1 aromatic rings. The third-order valence-corrected chi connectivity index (χ3v) is 4.41. The summed E-state index contributed by atoms with van der Waals surface area (Å²) >= 11 is 1.56. The van der Waals surface area contributed by atoms with Gasteiger partial charge in [0.05, 0.1) is 5.92 Å². The van der Waals surface area contributed by atoms with E-state index in [2.05, 4.69) is 5.32 Å². The van der Waals surface area contributed by atoms with Crippen molar-refractivity contribution >= 4 is 29.0 Å². The predicted molar refractivity (Wildman–Crippen MR) is 81.8 cm³/mol. The molecule has 21 heavy (non-hydrogen) atoms. The first-order valence-corrected chi connectivity index (χ1v) is 7.66. The van der Waals surface area contributed by atoms with Crippen LogP contribution in [0.1, 0.15) is 46.8 Å². The van der Waals surface area contributed by atoms with Gasteiger partial charge in [-0.15, -0.1) is 11.3 Å². The van der Waals surface area contributed by atoms with Crippen LogP contribution in [0.25, 0.3) is 0 Å². The number of hydrogen-bond acceptors (Lipinski definition) is 4. The Kier molecular flexibility index (Phi) is 6.08. The second-order valence-electron chi connectivity index (χ2n) is 5.23. The third-order valence-electron chi connectivity index (χ3n) is 3.45. The van der Waals surface area contributed by atoms with E-state index >= 15 is 0 Å². The highest BCUT2D eigenvalue weighted by Crippen LogP contribution is 2.22. The lowest BCUT2D eigenvalue weighted by Gasteiger charge is -2.17. The highest BCUT2D eigenvalue weighted by Gasteiger charge is 2.21. The summed E-state index contributed by atoms with van der Waals surface area (Å²) in [6.45, 7) is 7.01. The van der Waals surface area contributed by atoms with E-state index in [1.165, 1.54) is 6.92 Å². The molecule has 0 spiro atoms.